The third-order valence-electron chi connectivity index (χ3n) is 5.37. The predicted octanol–water partition coefficient (Wildman–Crippen LogP) is 1.66. The largest absolute Gasteiger partial charge is 0.467 e. The molecule has 0 aromatic carbocycles. The zero-order valence-electron chi connectivity index (χ0n) is 18.5. The van der Waals surface area contributed by atoms with Gasteiger partial charge >= 0.3 is 6.01 Å². The van der Waals surface area contributed by atoms with Gasteiger partial charge in [0.25, 0.3) is 0 Å². The van der Waals surface area contributed by atoms with Gasteiger partial charge in [0.1, 0.15) is 12.0 Å². The van der Waals surface area contributed by atoms with Gasteiger partial charge in [-0.3, -0.25) is 20.0 Å². The van der Waals surface area contributed by atoms with Crippen LogP contribution in [0.5, 0.6) is 6.01 Å². The highest BCUT2D eigenvalue weighted by atomic mass is 16.5. The van der Waals surface area contributed by atoms with E-state index >= 15 is 0 Å². The fourth-order valence-corrected chi connectivity index (χ4v) is 3.75. The van der Waals surface area contributed by atoms with Crippen molar-refractivity contribution in [2.75, 3.05) is 25.5 Å². The van der Waals surface area contributed by atoms with Crippen LogP contribution in [0.15, 0.2) is 18.5 Å². The van der Waals surface area contributed by atoms with Crippen molar-refractivity contribution in [1.29, 1.82) is 5.41 Å². The number of aldehydes is 1. The molecule has 1 amide bonds. The average Bonchev–Trinajstić information content (AvgIpc) is 3.17. The second-order valence-corrected chi connectivity index (χ2v) is 7.85. The van der Waals surface area contributed by atoms with E-state index in [-0.39, 0.29) is 30.1 Å². The van der Waals surface area contributed by atoms with Crippen molar-refractivity contribution >= 4 is 29.4 Å². The molecule has 1 fully saturated rings. The zero-order chi connectivity index (χ0) is 23.4. The quantitative estimate of drug-likeness (QED) is 0.469. The van der Waals surface area contributed by atoms with Gasteiger partial charge in [-0.25, -0.2) is 9.97 Å². The molecule has 1 aliphatic heterocycles. The minimum Gasteiger partial charge on any atom is -0.467 e. The lowest BCUT2D eigenvalue weighted by Gasteiger charge is -2.22. The number of hydrogen-bond donors (Lipinski definition) is 2. The zero-order valence-corrected chi connectivity index (χ0v) is 18.5. The first-order valence-electron chi connectivity index (χ1n) is 10.2. The molecule has 10 nitrogen and oxygen atoms in total. The van der Waals surface area contributed by atoms with Crippen LogP contribution in [0.1, 0.15) is 31.5 Å². The van der Waals surface area contributed by atoms with Crippen molar-refractivity contribution in [1.82, 2.24) is 19.9 Å². The van der Waals surface area contributed by atoms with Gasteiger partial charge in [0.15, 0.2) is 5.78 Å². The Kier molecular flexibility index (Phi) is 6.92. The molecule has 32 heavy (non-hydrogen) atoms. The van der Waals surface area contributed by atoms with E-state index < -0.39 is 11.8 Å². The molecule has 0 bridgehead atoms. The van der Waals surface area contributed by atoms with E-state index in [1.807, 2.05) is 6.92 Å². The number of ketones is 1. The topological polar surface area (TPSA) is 138 Å². The summed E-state index contributed by atoms with van der Waals surface area (Å²) in [5.41, 5.74) is 2.12. The number of likely N-dealkylation sites (tertiary alicyclic amines) is 1. The first-order valence-corrected chi connectivity index (χ1v) is 10.2. The lowest BCUT2D eigenvalue weighted by Crippen LogP contribution is -2.40. The number of nitrogens with one attached hydrogen (secondary N) is 2. The Morgan fingerprint density at radius 3 is 2.62 bits per heavy atom. The Hall–Kier alpha value is -3.69. The number of pyridine rings is 1. The van der Waals surface area contributed by atoms with Crippen LogP contribution < -0.4 is 10.1 Å². The maximum absolute atomic E-state index is 12.7. The highest BCUT2D eigenvalue weighted by Gasteiger charge is 2.32. The first-order chi connectivity index (χ1) is 15.2. The molecule has 2 N–H and O–H groups in total. The van der Waals surface area contributed by atoms with Crippen molar-refractivity contribution in [3.63, 3.8) is 0 Å². The highest BCUT2D eigenvalue weighted by molar-refractivity contribution is 6.45. The molecule has 0 saturated carbocycles. The molecule has 168 valence electrons. The molecule has 2 aromatic heterocycles. The molecule has 3 heterocycles. The number of ether oxygens (including phenoxy) is 1. The molecule has 2 aromatic rings. The van der Waals surface area contributed by atoms with Crippen molar-refractivity contribution in [2.24, 2.45) is 5.92 Å². The van der Waals surface area contributed by atoms with Crippen LogP contribution in [0.4, 0.5) is 5.69 Å². The molecule has 0 radical (unpaired) electrons. The van der Waals surface area contributed by atoms with E-state index in [1.54, 1.807) is 30.3 Å². The van der Waals surface area contributed by atoms with Crippen LogP contribution in [-0.4, -0.2) is 69.8 Å². The number of amides is 1. The Morgan fingerprint density at radius 2 is 2.03 bits per heavy atom. The molecule has 0 aliphatic carbocycles. The number of carbonyl (C=O) groups is 3. The molecule has 1 saturated heterocycles. The lowest BCUT2D eigenvalue weighted by atomic mass is 10.0. The van der Waals surface area contributed by atoms with Crippen molar-refractivity contribution < 1.29 is 19.1 Å². The lowest BCUT2D eigenvalue weighted by molar-refractivity contribution is -0.132. The van der Waals surface area contributed by atoms with Crippen LogP contribution in [-0.2, 0) is 14.4 Å². The van der Waals surface area contributed by atoms with E-state index in [4.69, 9.17) is 10.1 Å². The van der Waals surface area contributed by atoms with Crippen LogP contribution in [0.3, 0.4) is 0 Å². The SMILES string of the molecule is COc1ncc(-c2cc(C(=N)C(C)=O)c(NCC(=O)N3CC(C)CC3C=O)c(C)n2)cn1. The minimum atomic E-state index is -0.425. The normalized spacial score (nSPS) is 17.7. The smallest absolute Gasteiger partial charge is 0.316 e. The Labute approximate surface area is 185 Å². The third-order valence-corrected chi connectivity index (χ3v) is 5.37. The van der Waals surface area contributed by atoms with Crippen LogP contribution >= 0.6 is 0 Å². The minimum absolute atomic E-state index is 0.0806. The number of methoxy groups -OCH3 is 1. The maximum Gasteiger partial charge on any atom is 0.316 e. The Bertz CT molecular complexity index is 1050. The molecular formula is C22H26N6O4. The molecule has 1 aliphatic rings. The van der Waals surface area contributed by atoms with Gasteiger partial charge in [-0.05, 0) is 25.3 Å². The summed E-state index contributed by atoms with van der Waals surface area (Å²) in [5, 5.41) is 11.3. The van der Waals surface area contributed by atoms with E-state index in [0.29, 0.717) is 41.2 Å². The summed E-state index contributed by atoms with van der Waals surface area (Å²) in [5.74, 6) is -0.389. The Balaban J connectivity index is 1.90. The van der Waals surface area contributed by atoms with Crippen molar-refractivity contribution in [3.05, 3.63) is 29.7 Å². The van der Waals surface area contributed by atoms with Crippen LogP contribution in [0.25, 0.3) is 11.3 Å². The number of carbonyl (C=O) groups excluding carboxylic acids is 3. The van der Waals surface area contributed by atoms with E-state index in [0.717, 1.165) is 6.29 Å². The second kappa shape index (κ2) is 9.63. The summed E-state index contributed by atoms with van der Waals surface area (Å²) in [6.45, 7) is 5.48. The predicted molar refractivity (Wildman–Crippen MR) is 118 cm³/mol. The molecule has 3 rings (SSSR count). The monoisotopic (exact) mass is 438 g/mol. The number of anilines is 1. The first kappa shape index (κ1) is 23.0. The van der Waals surface area contributed by atoms with Crippen molar-refractivity contribution in [3.8, 4) is 17.3 Å². The van der Waals surface area contributed by atoms with E-state index in [1.165, 1.54) is 14.0 Å². The summed E-state index contributed by atoms with van der Waals surface area (Å²) >= 11 is 0. The second-order valence-electron chi connectivity index (χ2n) is 7.85. The van der Waals surface area contributed by atoms with Gasteiger partial charge in [-0.2, -0.15) is 0 Å². The number of Topliss-reactive ketones (excluding diaryl/α,β-unsaturated/α-hetero) is 1. The maximum atomic E-state index is 12.7. The van der Waals surface area contributed by atoms with E-state index in [2.05, 4.69) is 20.3 Å². The van der Waals surface area contributed by atoms with Gasteiger partial charge < -0.3 is 19.7 Å². The fraction of sp³-hybridized carbons (Fsp3) is 0.409. The summed E-state index contributed by atoms with van der Waals surface area (Å²) < 4.78 is 4.97. The molecule has 0 spiro atoms. The number of rotatable bonds is 8. The van der Waals surface area contributed by atoms with Crippen molar-refractivity contribution in [2.45, 2.75) is 33.2 Å². The molecule has 10 heteroatoms. The molecular weight excluding hydrogens is 412 g/mol. The summed E-state index contributed by atoms with van der Waals surface area (Å²) in [7, 11) is 1.46. The number of hydrogen-bond acceptors (Lipinski definition) is 9. The van der Waals surface area contributed by atoms with Gasteiger partial charge in [0.05, 0.1) is 36.8 Å². The average molecular weight is 438 g/mol. The molecule has 2 unspecified atom stereocenters. The van der Waals surface area contributed by atoms with Gasteiger partial charge in [-0.1, -0.05) is 6.92 Å². The Morgan fingerprint density at radius 1 is 1.34 bits per heavy atom. The van der Waals surface area contributed by atoms with Crippen LogP contribution in [0, 0.1) is 18.3 Å². The van der Waals surface area contributed by atoms with Gasteiger partial charge in [0, 0.05) is 37.0 Å². The third kappa shape index (κ3) is 4.79. The number of aromatic nitrogens is 3. The summed E-state index contributed by atoms with van der Waals surface area (Å²) in [4.78, 5) is 50.3. The van der Waals surface area contributed by atoms with E-state index in [9.17, 15) is 14.4 Å². The summed E-state index contributed by atoms with van der Waals surface area (Å²) in [6.07, 6.45) is 4.53. The standard InChI is InChI=1S/C22H26N6O4/c1-12-5-16(11-29)28(10-12)19(31)9-24-21-13(2)27-18(6-17(21)20(23)14(3)30)15-7-25-22(32-4)26-8-15/h6-8,11-12,16,23-24H,5,9-10H2,1-4H3. The number of nitrogens with zero attached hydrogens (tertiary/aromatic N) is 4. The fourth-order valence-electron chi connectivity index (χ4n) is 3.75. The highest BCUT2D eigenvalue weighted by Crippen LogP contribution is 2.27. The number of aryl methyl sites for hydroxylation is 1. The van der Waals surface area contributed by atoms with Gasteiger partial charge in [0.2, 0.25) is 5.91 Å². The van der Waals surface area contributed by atoms with Crippen LogP contribution in [0.2, 0.25) is 0 Å². The summed E-state index contributed by atoms with van der Waals surface area (Å²) in [6, 6.07) is 1.38. The van der Waals surface area contributed by atoms with Gasteiger partial charge in [-0.15, -0.1) is 0 Å². The molecule has 2 atom stereocenters.